The minimum Gasteiger partial charge on any atom is -0.459 e. The summed E-state index contributed by atoms with van der Waals surface area (Å²) < 4.78 is 5.42. The van der Waals surface area contributed by atoms with Crippen LogP contribution in [0.1, 0.15) is 17.5 Å². The van der Waals surface area contributed by atoms with Crippen molar-refractivity contribution >= 4 is 34.5 Å². The molecule has 0 aliphatic carbocycles. The number of fused-ring (bicyclic) bond motifs is 1. The number of amides is 1. The molecular formula is C23H27N3O3S. The van der Waals surface area contributed by atoms with Gasteiger partial charge in [-0.1, -0.05) is 48.5 Å². The Kier molecular flexibility index (Phi) is 7.93. The lowest BCUT2D eigenvalue weighted by molar-refractivity contribution is -0.149. The second-order valence-corrected chi connectivity index (χ2v) is 8.09. The number of carbonyl (C=O) groups excluding carboxylic acids is 2. The van der Waals surface area contributed by atoms with Crippen LogP contribution in [0.5, 0.6) is 0 Å². The molecule has 0 unspecified atom stereocenters. The van der Waals surface area contributed by atoms with E-state index < -0.39 is 18.1 Å². The Balaban J connectivity index is 1.59. The first-order valence-corrected chi connectivity index (χ1v) is 11.3. The molecule has 158 valence electrons. The fourth-order valence-corrected chi connectivity index (χ4v) is 3.69. The molecule has 0 aliphatic rings. The van der Waals surface area contributed by atoms with E-state index in [1.807, 2.05) is 67.0 Å². The molecule has 30 heavy (non-hydrogen) atoms. The van der Waals surface area contributed by atoms with Crippen LogP contribution in [-0.2, 0) is 27.4 Å². The normalized spacial score (nSPS) is 13.0. The van der Waals surface area contributed by atoms with E-state index >= 15 is 0 Å². The van der Waals surface area contributed by atoms with E-state index in [1.165, 1.54) is 0 Å². The van der Waals surface area contributed by atoms with Crippen molar-refractivity contribution in [3.05, 3.63) is 71.9 Å². The van der Waals surface area contributed by atoms with Crippen LogP contribution in [0.4, 0.5) is 0 Å². The molecular weight excluding hydrogens is 398 g/mol. The number of aromatic nitrogens is 1. The molecule has 4 N–H and O–H groups in total. The summed E-state index contributed by atoms with van der Waals surface area (Å²) in [5, 5.41) is 3.83. The number of hydrogen-bond acceptors (Lipinski definition) is 5. The molecule has 1 aromatic heterocycles. The van der Waals surface area contributed by atoms with Gasteiger partial charge in [0, 0.05) is 17.1 Å². The van der Waals surface area contributed by atoms with Crippen molar-refractivity contribution in [3.8, 4) is 0 Å². The highest BCUT2D eigenvalue weighted by atomic mass is 32.2. The van der Waals surface area contributed by atoms with Gasteiger partial charge in [-0.25, -0.2) is 4.79 Å². The average molecular weight is 426 g/mol. The number of benzene rings is 2. The molecule has 3 aromatic rings. The molecule has 1 heterocycles. The Bertz CT molecular complexity index is 974. The van der Waals surface area contributed by atoms with E-state index in [1.54, 1.807) is 11.8 Å². The molecule has 0 radical (unpaired) electrons. The molecule has 3 rings (SSSR count). The lowest BCUT2D eigenvalue weighted by Gasteiger charge is -2.20. The Labute approximate surface area is 180 Å². The molecule has 1 amide bonds. The monoisotopic (exact) mass is 425 g/mol. The van der Waals surface area contributed by atoms with E-state index in [4.69, 9.17) is 10.5 Å². The predicted octanol–water partition coefficient (Wildman–Crippen LogP) is 3.02. The number of carbonyl (C=O) groups is 2. The smallest absolute Gasteiger partial charge is 0.329 e. The van der Waals surface area contributed by atoms with Gasteiger partial charge in [0.2, 0.25) is 5.91 Å². The van der Waals surface area contributed by atoms with Crippen LogP contribution in [0.3, 0.4) is 0 Å². The summed E-state index contributed by atoms with van der Waals surface area (Å²) in [4.78, 5) is 28.5. The van der Waals surface area contributed by atoms with Gasteiger partial charge in [-0.3, -0.25) is 4.79 Å². The lowest BCUT2D eigenvalue weighted by atomic mass is 10.0. The molecule has 0 saturated heterocycles. The number of aromatic amines is 1. The Morgan fingerprint density at radius 2 is 1.87 bits per heavy atom. The van der Waals surface area contributed by atoms with E-state index in [0.717, 1.165) is 27.8 Å². The zero-order chi connectivity index (χ0) is 21.3. The highest BCUT2D eigenvalue weighted by molar-refractivity contribution is 7.98. The summed E-state index contributed by atoms with van der Waals surface area (Å²) in [6.45, 7) is 0.173. The number of H-pyrrole nitrogens is 1. The number of rotatable bonds is 10. The number of ether oxygens (including phenoxy) is 1. The molecule has 0 aliphatic heterocycles. The zero-order valence-corrected chi connectivity index (χ0v) is 17.8. The van der Waals surface area contributed by atoms with E-state index in [2.05, 4.69) is 10.3 Å². The van der Waals surface area contributed by atoms with E-state index in [0.29, 0.717) is 12.8 Å². The number of thioether (sulfide) groups is 1. The largest absolute Gasteiger partial charge is 0.459 e. The highest BCUT2D eigenvalue weighted by Crippen LogP contribution is 2.19. The standard InChI is InChI=1S/C23H27N3O3S/c1-30-12-11-21(23(28)29-15-16-7-3-2-4-8-16)26-22(27)19(24)13-17-14-25-20-10-6-5-9-18(17)20/h2-10,14,19,21,25H,11-13,15,24H2,1H3,(H,26,27)/t19-,21-/m0/s1. The minimum absolute atomic E-state index is 0.173. The molecule has 2 atom stereocenters. The van der Waals surface area contributed by atoms with E-state index in [-0.39, 0.29) is 12.5 Å². The maximum absolute atomic E-state index is 12.7. The predicted molar refractivity (Wildman–Crippen MR) is 121 cm³/mol. The molecule has 7 heteroatoms. The summed E-state index contributed by atoms with van der Waals surface area (Å²) in [6.07, 6.45) is 4.69. The summed E-state index contributed by atoms with van der Waals surface area (Å²) in [5.74, 6) is -0.0770. The second kappa shape index (κ2) is 10.8. The molecule has 6 nitrogen and oxygen atoms in total. The molecule has 2 aromatic carbocycles. The van der Waals surface area contributed by atoms with Gasteiger partial charge >= 0.3 is 5.97 Å². The molecule has 0 spiro atoms. The number of esters is 1. The lowest BCUT2D eigenvalue weighted by Crippen LogP contribution is -2.49. The Morgan fingerprint density at radius 3 is 2.63 bits per heavy atom. The number of nitrogens with two attached hydrogens (primary N) is 1. The number of nitrogens with one attached hydrogen (secondary N) is 2. The summed E-state index contributed by atoms with van der Waals surface area (Å²) in [7, 11) is 0. The van der Waals surface area contributed by atoms with Gasteiger partial charge in [-0.2, -0.15) is 11.8 Å². The third kappa shape index (κ3) is 5.87. The highest BCUT2D eigenvalue weighted by Gasteiger charge is 2.25. The fraction of sp³-hybridized carbons (Fsp3) is 0.304. The third-order valence-electron chi connectivity index (χ3n) is 4.89. The average Bonchev–Trinajstić information content (AvgIpc) is 3.18. The first-order chi connectivity index (χ1) is 14.6. The summed E-state index contributed by atoms with van der Waals surface area (Å²) in [5.41, 5.74) is 9.03. The van der Waals surface area contributed by atoms with Crippen LogP contribution in [0.15, 0.2) is 60.8 Å². The van der Waals surface area contributed by atoms with Gasteiger partial charge in [0.15, 0.2) is 0 Å². The fourth-order valence-electron chi connectivity index (χ4n) is 3.22. The van der Waals surface area contributed by atoms with Crippen LogP contribution in [-0.4, -0.2) is 41.0 Å². The molecule has 0 bridgehead atoms. The van der Waals surface area contributed by atoms with Crippen molar-refractivity contribution in [2.45, 2.75) is 31.5 Å². The minimum atomic E-state index is -0.761. The maximum Gasteiger partial charge on any atom is 0.329 e. The van der Waals surface area contributed by atoms with Crippen LogP contribution in [0, 0.1) is 0 Å². The van der Waals surface area contributed by atoms with Gasteiger partial charge in [0.1, 0.15) is 12.6 Å². The quantitative estimate of drug-likeness (QED) is 0.434. The first-order valence-electron chi connectivity index (χ1n) is 9.89. The number of hydrogen-bond donors (Lipinski definition) is 3. The SMILES string of the molecule is CSCC[C@H](NC(=O)[C@@H](N)Cc1c[nH]c2ccccc12)C(=O)OCc1ccccc1. The van der Waals surface area contributed by atoms with Crippen molar-refractivity contribution in [2.24, 2.45) is 5.73 Å². The van der Waals surface area contributed by atoms with Crippen molar-refractivity contribution < 1.29 is 14.3 Å². The topological polar surface area (TPSA) is 97.2 Å². The van der Waals surface area contributed by atoms with Gasteiger partial charge in [0.05, 0.1) is 6.04 Å². The van der Waals surface area contributed by atoms with Crippen LogP contribution in [0.2, 0.25) is 0 Å². The van der Waals surface area contributed by atoms with Crippen LogP contribution >= 0.6 is 11.8 Å². The van der Waals surface area contributed by atoms with Gasteiger partial charge in [-0.15, -0.1) is 0 Å². The second-order valence-electron chi connectivity index (χ2n) is 7.11. The summed E-state index contributed by atoms with van der Waals surface area (Å²) >= 11 is 1.61. The van der Waals surface area contributed by atoms with Crippen LogP contribution < -0.4 is 11.1 Å². The van der Waals surface area contributed by atoms with Gasteiger partial charge in [-0.05, 0) is 42.0 Å². The van der Waals surface area contributed by atoms with Crippen molar-refractivity contribution in [2.75, 3.05) is 12.0 Å². The molecule has 0 fully saturated rings. The summed E-state index contributed by atoms with van der Waals surface area (Å²) in [6, 6.07) is 15.9. The van der Waals surface area contributed by atoms with Crippen molar-refractivity contribution in [1.82, 2.24) is 10.3 Å². The first kappa shape index (κ1) is 21.9. The zero-order valence-electron chi connectivity index (χ0n) is 17.0. The van der Waals surface area contributed by atoms with E-state index in [9.17, 15) is 9.59 Å². The maximum atomic E-state index is 12.7. The number of para-hydroxylation sites is 1. The van der Waals surface area contributed by atoms with Crippen LogP contribution in [0.25, 0.3) is 10.9 Å². The van der Waals surface area contributed by atoms with Gasteiger partial charge in [0.25, 0.3) is 0 Å². The Morgan fingerprint density at radius 1 is 1.13 bits per heavy atom. The van der Waals surface area contributed by atoms with Gasteiger partial charge < -0.3 is 20.8 Å². The Hall–Kier alpha value is -2.77. The molecule has 0 saturated carbocycles. The van der Waals surface area contributed by atoms with Crippen molar-refractivity contribution in [3.63, 3.8) is 0 Å². The third-order valence-corrected chi connectivity index (χ3v) is 5.53. The van der Waals surface area contributed by atoms with Crippen molar-refractivity contribution in [1.29, 1.82) is 0 Å².